The standard InChI is InChI=1S/C11H20O2/c1-3-11(13-10(2)12)8-6-4-5-7-9-11/h3-9H2,1-2H3. The summed E-state index contributed by atoms with van der Waals surface area (Å²) in [4.78, 5) is 11.0. The number of hydrogen-bond acceptors (Lipinski definition) is 2. The molecule has 0 amide bonds. The maximum absolute atomic E-state index is 11.0. The van der Waals surface area contributed by atoms with Gasteiger partial charge in [-0.2, -0.15) is 0 Å². The van der Waals surface area contributed by atoms with Crippen molar-refractivity contribution in [3.05, 3.63) is 0 Å². The molecular weight excluding hydrogens is 164 g/mol. The smallest absolute Gasteiger partial charge is 0.303 e. The van der Waals surface area contributed by atoms with Crippen molar-refractivity contribution < 1.29 is 9.53 Å². The number of ether oxygens (including phenoxy) is 1. The molecule has 1 fully saturated rings. The first kappa shape index (κ1) is 10.6. The highest BCUT2D eigenvalue weighted by molar-refractivity contribution is 5.66. The average Bonchev–Trinajstić information content (AvgIpc) is 2.30. The SMILES string of the molecule is CCC1(OC(C)=O)CCCCCC1. The van der Waals surface area contributed by atoms with Gasteiger partial charge in [-0.1, -0.05) is 19.8 Å². The van der Waals surface area contributed by atoms with Crippen molar-refractivity contribution in [3.8, 4) is 0 Å². The van der Waals surface area contributed by atoms with E-state index in [9.17, 15) is 4.79 Å². The van der Waals surface area contributed by atoms with E-state index in [1.54, 1.807) is 0 Å². The van der Waals surface area contributed by atoms with Crippen LogP contribution in [0, 0.1) is 0 Å². The molecule has 0 aromatic carbocycles. The summed E-state index contributed by atoms with van der Waals surface area (Å²) in [6.07, 6.45) is 8.09. The Labute approximate surface area is 80.7 Å². The van der Waals surface area contributed by atoms with E-state index < -0.39 is 0 Å². The monoisotopic (exact) mass is 184 g/mol. The summed E-state index contributed by atoms with van der Waals surface area (Å²) in [7, 11) is 0. The molecule has 0 unspecified atom stereocenters. The molecule has 2 heteroatoms. The zero-order valence-corrected chi connectivity index (χ0v) is 8.77. The van der Waals surface area contributed by atoms with Crippen LogP contribution in [0.15, 0.2) is 0 Å². The molecule has 1 rings (SSSR count). The lowest BCUT2D eigenvalue weighted by atomic mass is 9.91. The molecule has 1 aliphatic rings. The molecule has 0 atom stereocenters. The van der Waals surface area contributed by atoms with Crippen molar-refractivity contribution in [2.45, 2.75) is 64.4 Å². The summed E-state index contributed by atoms with van der Waals surface area (Å²) in [5, 5.41) is 0. The van der Waals surface area contributed by atoms with E-state index in [0.717, 1.165) is 19.3 Å². The van der Waals surface area contributed by atoms with Crippen LogP contribution in [-0.2, 0) is 9.53 Å². The lowest BCUT2D eigenvalue weighted by Crippen LogP contribution is -2.33. The van der Waals surface area contributed by atoms with Gasteiger partial charge in [-0.25, -0.2) is 0 Å². The number of rotatable bonds is 2. The first-order chi connectivity index (χ1) is 6.18. The quantitative estimate of drug-likeness (QED) is 0.487. The van der Waals surface area contributed by atoms with E-state index in [2.05, 4.69) is 6.92 Å². The fourth-order valence-corrected chi connectivity index (χ4v) is 2.21. The highest BCUT2D eigenvalue weighted by Crippen LogP contribution is 2.33. The normalized spacial score (nSPS) is 22.0. The Morgan fingerprint density at radius 1 is 1.23 bits per heavy atom. The van der Waals surface area contributed by atoms with Gasteiger partial charge in [0.25, 0.3) is 0 Å². The average molecular weight is 184 g/mol. The van der Waals surface area contributed by atoms with Crippen LogP contribution in [0.2, 0.25) is 0 Å². The highest BCUT2D eigenvalue weighted by atomic mass is 16.6. The summed E-state index contributed by atoms with van der Waals surface area (Å²) >= 11 is 0. The third kappa shape index (κ3) is 3.02. The summed E-state index contributed by atoms with van der Waals surface area (Å²) < 4.78 is 5.47. The Balaban J connectivity index is 2.58. The van der Waals surface area contributed by atoms with E-state index in [0.29, 0.717) is 0 Å². The second-order valence-corrected chi connectivity index (χ2v) is 4.04. The highest BCUT2D eigenvalue weighted by Gasteiger charge is 2.31. The van der Waals surface area contributed by atoms with E-state index in [1.165, 1.54) is 32.6 Å². The van der Waals surface area contributed by atoms with Crippen LogP contribution in [0.3, 0.4) is 0 Å². The fourth-order valence-electron chi connectivity index (χ4n) is 2.21. The Hall–Kier alpha value is -0.530. The van der Waals surface area contributed by atoms with Crippen LogP contribution in [0.5, 0.6) is 0 Å². The minimum atomic E-state index is -0.123. The molecule has 0 heterocycles. The van der Waals surface area contributed by atoms with Crippen LogP contribution in [-0.4, -0.2) is 11.6 Å². The zero-order chi connectivity index (χ0) is 9.73. The van der Waals surface area contributed by atoms with E-state index >= 15 is 0 Å². The summed E-state index contributed by atoms with van der Waals surface area (Å²) in [6.45, 7) is 3.64. The van der Waals surface area contributed by atoms with Gasteiger partial charge in [0.1, 0.15) is 5.60 Å². The van der Waals surface area contributed by atoms with Crippen molar-refractivity contribution in [2.75, 3.05) is 0 Å². The van der Waals surface area contributed by atoms with Gasteiger partial charge in [-0.3, -0.25) is 4.79 Å². The summed E-state index contributed by atoms with van der Waals surface area (Å²) in [5.41, 5.74) is -0.123. The topological polar surface area (TPSA) is 26.3 Å². The number of carbonyl (C=O) groups excluding carboxylic acids is 1. The zero-order valence-electron chi connectivity index (χ0n) is 8.77. The van der Waals surface area contributed by atoms with Gasteiger partial charge in [-0.15, -0.1) is 0 Å². The van der Waals surface area contributed by atoms with Gasteiger partial charge >= 0.3 is 5.97 Å². The lowest BCUT2D eigenvalue weighted by molar-refractivity contribution is -0.159. The molecule has 0 radical (unpaired) electrons. The Kier molecular flexibility index (Phi) is 3.76. The number of esters is 1. The van der Waals surface area contributed by atoms with Crippen LogP contribution >= 0.6 is 0 Å². The third-order valence-corrected chi connectivity index (χ3v) is 3.02. The Bertz CT molecular complexity index is 167. The first-order valence-corrected chi connectivity index (χ1v) is 5.38. The minimum Gasteiger partial charge on any atom is -0.459 e. The van der Waals surface area contributed by atoms with Gasteiger partial charge in [0.2, 0.25) is 0 Å². The molecule has 2 nitrogen and oxygen atoms in total. The predicted octanol–water partition coefficient (Wildman–Crippen LogP) is 3.05. The molecule has 13 heavy (non-hydrogen) atoms. The van der Waals surface area contributed by atoms with Gasteiger partial charge in [0, 0.05) is 6.92 Å². The fraction of sp³-hybridized carbons (Fsp3) is 0.909. The summed E-state index contributed by atoms with van der Waals surface area (Å²) in [5.74, 6) is -0.122. The molecule has 76 valence electrons. The van der Waals surface area contributed by atoms with Crippen molar-refractivity contribution in [2.24, 2.45) is 0 Å². The van der Waals surface area contributed by atoms with Crippen molar-refractivity contribution in [1.29, 1.82) is 0 Å². The largest absolute Gasteiger partial charge is 0.459 e. The molecule has 0 N–H and O–H groups in total. The second kappa shape index (κ2) is 4.64. The van der Waals surface area contributed by atoms with Gasteiger partial charge < -0.3 is 4.74 Å². The maximum Gasteiger partial charge on any atom is 0.303 e. The molecule has 0 aromatic heterocycles. The van der Waals surface area contributed by atoms with E-state index in [1.807, 2.05) is 0 Å². The van der Waals surface area contributed by atoms with Crippen molar-refractivity contribution >= 4 is 5.97 Å². The molecule has 0 bridgehead atoms. The second-order valence-electron chi connectivity index (χ2n) is 4.04. The molecule has 0 aromatic rings. The third-order valence-electron chi connectivity index (χ3n) is 3.02. The van der Waals surface area contributed by atoms with Gasteiger partial charge in [0.05, 0.1) is 0 Å². The maximum atomic E-state index is 11.0. The van der Waals surface area contributed by atoms with Crippen LogP contribution in [0.4, 0.5) is 0 Å². The van der Waals surface area contributed by atoms with Gasteiger partial charge in [0.15, 0.2) is 0 Å². The number of hydrogen-bond donors (Lipinski definition) is 0. The van der Waals surface area contributed by atoms with Crippen molar-refractivity contribution in [3.63, 3.8) is 0 Å². The molecule has 1 aliphatic carbocycles. The molecular formula is C11H20O2. The van der Waals surface area contributed by atoms with Crippen molar-refractivity contribution in [1.82, 2.24) is 0 Å². The Morgan fingerprint density at radius 2 is 1.77 bits per heavy atom. The molecule has 0 aliphatic heterocycles. The van der Waals surface area contributed by atoms with Crippen LogP contribution < -0.4 is 0 Å². The minimum absolute atomic E-state index is 0.122. The molecule has 1 saturated carbocycles. The van der Waals surface area contributed by atoms with Crippen LogP contribution in [0.25, 0.3) is 0 Å². The number of carbonyl (C=O) groups is 1. The van der Waals surface area contributed by atoms with Gasteiger partial charge in [-0.05, 0) is 32.1 Å². The van der Waals surface area contributed by atoms with E-state index in [4.69, 9.17) is 4.74 Å². The van der Waals surface area contributed by atoms with E-state index in [-0.39, 0.29) is 11.6 Å². The summed E-state index contributed by atoms with van der Waals surface area (Å²) in [6, 6.07) is 0. The Morgan fingerprint density at radius 3 is 2.15 bits per heavy atom. The first-order valence-electron chi connectivity index (χ1n) is 5.38. The lowest BCUT2D eigenvalue weighted by Gasteiger charge is -2.30. The molecule has 0 saturated heterocycles. The molecule has 0 spiro atoms. The van der Waals surface area contributed by atoms with Crippen LogP contribution in [0.1, 0.15) is 58.8 Å². The predicted molar refractivity (Wildman–Crippen MR) is 52.5 cm³/mol.